The van der Waals surface area contributed by atoms with Crippen molar-refractivity contribution in [3.05, 3.63) is 130 Å². The van der Waals surface area contributed by atoms with Crippen molar-refractivity contribution in [2.75, 3.05) is 4.90 Å². The molecule has 0 amide bonds. The summed E-state index contributed by atoms with van der Waals surface area (Å²) < 4.78 is 0. The zero-order valence-corrected chi connectivity index (χ0v) is 24.1. The van der Waals surface area contributed by atoms with Gasteiger partial charge in [-0.2, -0.15) is 10.5 Å². The Balaban J connectivity index is 1.18. The summed E-state index contributed by atoms with van der Waals surface area (Å²) in [6.45, 7) is 0. The largest absolute Gasteiger partial charge is 0.337 e. The molecule has 0 saturated heterocycles. The first kappa shape index (κ1) is 25.5. The number of hydrogen-bond donors (Lipinski definition) is 0. The summed E-state index contributed by atoms with van der Waals surface area (Å²) in [6, 6.07) is 37.9. The summed E-state index contributed by atoms with van der Waals surface area (Å²) >= 11 is 1.62. The van der Waals surface area contributed by atoms with Crippen molar-refractivity contribution >= 4 is 50.9 Å². The second kappa shape index (κ2) is 9.95. The average molecular weight is 572 g/mol. The highest BCUT2D eigenvalue weighted by Crippen LogP contribution is 2.54. The fourth-order valence-electron chi connectivity index (χ4n) is 7.32. The van der Waals surface area contributed by atoms with Crippen molar-refractivity contribution in [2.45, 2.75) is 31.2 Å². The molecule has 1 aromatic heterocycles. The molecule has 2 heterocycles. The monoisotopic (exact) mass is 571 g/mol. The number of rotatable bonds is 3. The number of Topliss-reactive ketones (excluding diaryl/α,β-unsaturated/α-hetero) is 1. The third kappa shape index (κ3) is 3.90. The van der Waals surface area contributed by atoms with Gasteiger partial charge in [0, 0.05) is 55.2 Å². The maximum atomic E-state index is 13.4. The molecule has 0 radical (unpaired) electrons. The molecule has 0 spiro atoms. The van der Waals surface area contributed by atoms with Crippen LogP contribution >= 0.6 is 11.3 Å². The van der Waals surface area contributed by atoms with Crippen molar-refractivity contribution in [3.8, 4) is 22.6 Å². The van der Waals surface area contributed by atoms with E-state index in [1.807, 2.05) is 36.4 Å². The van der Waals surface area contributed by atoms with Gasteiger partial charge in [-0.05, 0) is 71.3 Å². The fourth-order valence-corrected chi connectivity index (χ4v) is 8.26. The van der Waals surface area contributed by atoms with Crippen LogP contribution in [0, 0.1) is 22.7 Å². The highest BCUT2D eigenvalue weighted by Gasteiger charge is 2.42. The van der Waals surface area contributed by atoms with Crippen molar-refractivity contribution in [1.82, 2.24) is 0 Å². The van der Waals surface area contributed by atoms with E-state index in [2.05, 4.69) is 71.6 Å². The lowest BCUT2D eigenvalue weighted by Gasteiger charge is -2.28. The first-order chi connectivity index (χ1) is 21.2. The summed E-state index contributed by atoms with van der Waals surface area (Å²) in [4.78, 5) is 18.0. The molecule has 0 bridgehead atoms. The molecule has 4 aromatic carbocycles. The molecule has 1 aliphatic heterocycles. The summed E-state index contributed by atoms with van der Waals surface area (Å²) in [6.07, 6.45) is 5.45. The number of carbonyl (C=O) groups excluding carboxylic acids is 1. The molecule has 2 aliphatic carbocycles. The zero-order valence-electron chi connectivity index (χ0n) is 23.2. The van der Waals surface area contributed by atoms with Crippen LogP contribution in [-0.2, 0) is 0 Å². The lowest BCUT2D eigenvalue weighted by molar-refractivity contribution is 0.104. The first-order valence-corrected chi connectivity index (χ1v) is 15.4. The first-order valence-electron chi connectivity index (χ1n) is 14.6. The number of anilines is 2. The smallest absolute Gasteiger partial charge is 0.194 e. The normalized spacial score (nSPS) is 19.3. The van der Waals surface area contributed by atoms with Gasteiger partial charge in [-0.25, -0.2) is 0 Å². The van der Waals surface area contributed by atoms with Crippen LogP contribution in [0.25, 0.3) is 32.9 Å². The molecule has 3 aliphatic rings. The number of nitrogens with zero attached hydrogens (tertiary/aromatic N) is 3. The third-order valence-electron chi connectivity index (χ3n) is 9.15. The maximum Gasteiger partial charge on any atom is 0.194 e. The molecule has 1 fully saturated rings. The SMILES string of the molecule is N#CC(C#N)=C1/C(=C/c2ccc(-c3ccc4c(c3)C3CCCC3N4c3cccc4ccccc34)s2)C(=O)c2ccccc21. The van der Waals surface area contributed by atoms with E-state index in [1.165, 1.54) is 52.5 Å². The number of allylic oxidation sites excluding steroid dienone is 3. The summed E-state index contributed by atoms with van der Waals surface area (Å²) in [5.74, 6) is 0.357. The van der Waals surface area contributed by atoms with E-state index in [4.69, 9.17) is 0 Å². The van der Waals surface area contributed by atoms with Crippen LogP contribution < -0.4 is 4.90 Å². The summed E-state index contributed by atoms with van der Waals surface area (Å²) in [5, 5.41) is 21.9. The van der Waals surface area contributed by atoms with Crippen LogP contribution in [0.15, 0.2) is 108 Å². The van der Waals surface area contributed by atoms with Crippen LogP contribution in [0.2, 0.25) is 0 Å². The number of benzene rings is 4. The van der Waals surface area contributed by atoms with Gasteiger partial charge < -0.3 is 4.90 Å². The van der Waals surface area contributed by atoms with Gasteiger partial charge in [-0.1, -0.05) is 73.2 Å². The zero-order chi connectivity index (χ0) is 29.1. The Hall–Kier alpha value is -5.23. The molecule has 1 saturated carbocycles. The number of ketones is 1. The molecule has 43 heavy (non-hydrogen) atoms. The van der Waals surface area contributed by atoms with E-state index >= 15 is 0 Å². The minimum atomic E-state index is -0.151. The highest BCUT2D eigenvalue weighted by atomic mass is 32.1. The van der Waals surface area contributed by atoms with Crippen molar-refractivity contribution in [3.63, 3.8) is 0 Å². The molecule has 204 valence electrons. The van der Waals surface area contributed by atoms with Crippen LogP contribution in [0.1, 0.15) is 51.5 Å². The van der Waals surface area contributed by atoms with Crippen molar-refractivity contribution < 1.29 is 4.79 Å². The molecule has 5 aromatic rings. The van der Waals surface area contributed by atoms with Gasteiger partial charge in [0.05, 0.1) is 0 Å². The molecule has 8 rings (SSSR count). The predicted octanol–water partition coefficient (Wildman–Crippen LogP) is 9.44. The van der Waals surface area contributed by atoms with Crippen LogP contribution in [0.3, 0.4) is 0 Å². The Labute approximate surface area is 254 Å². The number of nitriles is 2. The molecule has 2 unspecified atom stereocenters. The Kier molecular flexibility index (Phi) is 5.89. The molecule has 0 N–H and O–H groups in total. The Bertz CT molecular complexity index is 2120. The highest BCUT2D eigenvalue weighted by molar-refractivity contribution is 7.16. The average Bonchev–Trinajstić information content (AvgIpc) is 3.83. The van der Waals surface area contributed by atoms with Crippen molar-refractivity contribution in [2.24, 2.45) is 0 Å². The lowest BCUT2D eigenvalue weighted by atomic mass is 9.95. The molecule has 5 heteroatoms. The Morgan fingerprint density at radius 1 is 0.837 bits per heavy atom. The topological polar surface area (TPSA) is 67.9 Å². The minimum Gasteiger partial charge on any atom is -0.337 e. The Morgan fingerprint density at radius 3 is 2.49 bits per heavy atom. The number of hydrogen-bond acceptors (Lipinski definition) is 5. The fraction of sp³-hybridized carbons (Fsp3) is 0.132. The van der Waals surface area contributed by atoms with Gasteiger partial charge in [0.1, 0.15) is 17.7 Å². The van der Waals surface area contributed by atoms with Gasteiger partial charge in [-0.15, -0.1) is 11.3 Å². The standard InChI is InChI=1S/C38H25N3OS/c39-21-25(22-40)37-29-10-3-4-11-30(29)38(42)32(37)20-26-16-18-36(43-26)24-15-17-35-31(19-24)28-12-6-14-34(28)41(35)33-13-5-8-23-7-1-2-9-27(23)33/h1-5,7-11,13,15-20,28,34H,6,12,14H2/b32-20-. The van der Waals surface area contributed by atoms with Gasteiger partial charge in [0.15, 0.2) is 5.78 Å². The second-order valence-electron chi connectivity index (χ2n) is 11.4. The number of carbonyl (C=O) groups is 1. The van der Waals surface area contributed by atoms with E-state index in [0.717, 1.165) is 9.75 Å². The number of thiophene rings is 1. The molecular formula is C38H25N3OS. The van der Waals surface area contributed by atoms with E-state index in [-0.39, 0.29) is 11.4 Å². The lowest BCUT2D eigenvalue weighted by Crippen LogP contribution is -2.26. The molecular weight excluding hydrogens is 547 g/mol. The van der Waals surface area contributed by atoms with Crippen LogP contribution in [0.4, 0.5) is 11.4 Å². The predicted molar refractivity (Wildman–Crippen MR) is 173 cm³/mol. The summed E-state index contributed by atoms with van der Waals surface area (Å²) in [5.41, 5.74) is 7.15. The van der Waals surface area contributed by atoms with Crippen molar-refractivity contribution in [1.29, 1.82) is 10.5 Å². The van der Waals surface area contributed by atoms with Crippen LogP contribution in [-0.4, -0.2) is 11.8 Å². The van der Waals surface area contributed by atoms with Gasteiger partial charge >= 0.3 is 0 Å². The van der Waals surface area contributed by atoms with Gasteiger partial charge in [0.2, 0.25) is 0 Å². The van der Waals surface area contributed by atoms with Gasteiger partial charge in [0.25, 0.3) is 0 Å². The number of fused-ring (bicyclic) bond motifs is 5. The molecule has 2 atom stereocenters. The van der Waals surface area contributed by atoms with E-state index < -0.39 is 0 Å². The van der Waals surface area contributed by atoms with Crippen LogP contribution in [0.5, 0.6) is 0 Å². The quantitative estimate of drug-likeness (QED) is 0.160. The Morgan fingerprint density at radius 2 is 1.63 bits per heavy atom. The van der Waals surface area contributed by atoms with E-state index in [0.29, 0.717) is 34.2 Å². The minimum absolute atomic E-state index is 0.0400. The summed E-state index contributed by atoms with van der Waals surface area (Å²) in [7, 11) is 0. The third-order valence-corrected chi connectivity index (χ3v) is 10.2. The van der Waals surface area contributed by atoms with E-state index in [1.54, 1.807) is 23.5 Å². The molecule has 4 nitrogen and oxygen atoms in total. The van der Waals surface area contributed by atoms with Gasteiger partial charge in [-0.3, -0.25) is 4.79 Å². The maximum absolute atomic E-state index is 13.4. The second-order valence-corrected chi connectivity index (χ2v) is 12.5. The van der Waals surface area contributed by atoms with E-state index in [9.17, 15) is 15.3 Å².